The predicted molar refractivity (Wildman–Crippen MR) is 139 cm³/mol. The number of unbranched alkanes of at least 4 members (excludes halogenated alkanes) is 1. The third-order valence-electron chi connectivity index (χ3n) is 6.29. The predicted octanol–water partition coefficient (Wildman–Crippen LogP) is 7.20. The summed E-state index contributed by atoms with van der Waals surface area (Å²) in [6.45, 7) is 7.89. The van der Waals surface area contributed by atoms with Crippen molar-refractivity contribution in [1.29, 1.82) is 0 Å². The third kappa shape index (κ3) is 7.68. The lowest BCUT2D eigenvalue weighted by molar-refractivity contribution is -0.141. The fourth-order valence-corrected chi connectivity index (χ4v) is 4.23. The number of benzene rings is 2. The first kappa shape index (κ1) is 28.4. The molecule has 3 aromatic rings. The van der Waals surface area contributed by atoms with Crippen LogP contribution in [-0.4, -0.2) is 34.1 Å². The van der Waals surface area contributed by atoms with E-state index in [1.807, 2.05) is 42.2 Å². The molecule has 2 aromatic carbocycles. The maximum Gasteiger partial charge on any atom is 0.435 e. The summed E-state index contributed by atoms with van der Waals surface area (Å²) < 4.78 is 49.4. The lowest BCUT2D eigenvalue weighted by atomic mass is 10.1. The number of methoxy groups -OCH3 is 1. The Kier molecular flexibility index (Phi) is 9.92. The number of esters is 1. The summed E-state index contributed by atoms with van der Waals surface area (Å²) in [6, 6.07) is 16.1. The zero-order chi connectivity index (χ0) is 27.0. The van der Waals surface area contributed by atoms with Gasteiger partial charge < -0.3 is 9.30 Å². The molecule has 0 radical (unpaired) electrons. The Balaban J connectivity index is 2.02. The van der Waals surface area contributed by atoms with E-state index in [1.165, 1.54) is 7.11 Å². The number of imidazole rings is 1. The number of aromatic nitrogens is 2. The molecule has 0 saturated heterocycles. The van der Waals surface area contributed by atoms with Crippen molar-refractivity contribution < 1.29 is 22.7 Å². The first-order chi connectivity index (χ1) is 17.6. The second-order valence-electron chi connectivity index (χ2n) is 9.68. The van der Waals surface area contributed by atoms with E-state index in [-0.39, 0.29) is 12.2 Å². The number of hydrogen-bond donors (Lipinski definition) is 0. The van der Waals surface area contributed by atoms with E-state index in [0.717, 1.165) is 24.8 Å². The van der Waals surface area contributed by atoms with Crippen molar-refractivity contribution in [3.63, 3.8) is 0 Å². The van der Waals surface area contributed by atoms with Crippen LogP contribution >= 0.6 is 0 Å². The molecule has 0 spiro atoms. The van der Waals surface area contributed by atoms with E-state index in [1.54, 1.807) is 28.8 Å². The van der Waals surface area contributed by atoms with Gasteiger partial charge in [-0.15, -0.1) is 0 Å². The molecule has 0 atom stereocenters. The average Bonchev–Trinajstić information content (AvgIpc) is 3.25. The molecule has 0 N–H and O–H groups in total. The molecule has 0 bridgehead atoms. The summed E-state index contributed by atoms with van der Waals surface area (Å²) in [5.74, 6) is 0.324. The Morgan fingerprint density at radius 1 is 1.05 bits per heavy atom. The van der Waals surface area contributed by atoms with Gasteiger partial charge in [0.05, 0.1) is 18.4 Å². The van der Waals surface area contributed by atoms with Gasteiger partial charge in [-0.3, -0.25) is 4.90 Å². The Morgan fingerprint density at radius 2 is 1.73 bits per heavy atom. The van der Waals surface area contributed by atoms with Gasteiger partial charge in [0, 0.05) is 25.2 Å². The van der Waals surface area contributed by atoms with E-state index in [0.29, 0.717) is 42.5 Å². The lowest BCUT2D eigenvalue weighted by Gasteiger charge is -2.25. The number of alkyl halides is 3. The highest BCUT2D eigenvalue weighted by molar-refractivity contribution is 5.89. The summed E-state index contributed by atoms with van der Waals surface area (Å²) in [7, 11) is 1.33. The van der Waals surface area contributed by atoms with E-state index in [2.05, 4.69) is 18.8 Å². The molecule has 0 fully saturated rings. The van der Waals surface area contributed by atoms with Gasteiger partial charge >= 0.3 is 12.1 Å². The molecule has 3 rings (SSSR count). The standard InChI is InChI=1S/C29H36F3N3O2/c1-5-6-17-35-25(26(29(30,31)32)33-27(35)23-10-8-7-9-11-23)20-34(18-16-21(2)3)19-22-12-14-24(15-13-22)28(36)37-4/h7-15,21H,5-6,16-20H2,1-4H3. The number of carbonyl (C=O) groups is 1. The third-order valence-corrected chi connectivity index (χ3v) is 6.29. The molecular weight excluding hydrogens is 479 g/mol. The van der Waals surface area contributed by atoms with Gasteiger partial charge in [0.15, 0.2) is 5.69 Å². The number of nitrogens with zero attached hydrogens (tertiary/aromatic N) is 3. The summed E-state index contributed by atoms with van der Waals surface area (Å²) in [6.07, 6.45) is -2.11. The highest BCUT2D eigenvalue weighted by Crippen LogP contribution is 2.36. The van der Waals surface area contributed by atoms with Crippen molar-refractivity contribution in [3.8, 4) is 11.4 Å². The number of carbonyl (C=O) groups excluding carboxylic acids is 1. The molecule has 0 aliphatic rings. The van der Waals surface area contributed by atoms with Crippen LogP contribution in [0.4, 0.5) is 13.2 Å². The zero-order valence-corrected chi connectivity index (χ0v) is 22.0. The fraction of sp³-hybridized carbons (Fsp3) is 0.448. The van der Waals surface area contributed by atoms with Crippen LogP contribution in [-0.2, 0) is 30.5 Å². The fourth-order valence-electron chi connectivity index (χ4n) is 4.23. The summed E-state index contributed by atoms with van der Waals surface area (Å²) in [4.78, 5) is 18.0. The van der Waals surface area contributed by atoms with Crippen LogP contribution in [0, 0.1) is 5.92 Å². The molecular formula is C29H36F3N3O2. The second kappa shape index (κ2) is 12.9. The van der Waals surface area contributed by atoms with Crippen LogP contribution in [0.1, 0.15) is 67.3 Å². The normalized spacial score (nSPS) is 11.9. The Bertz CT molecular complexity index is 1140. The van der Waals surface area contributed by atoms with Gasteiger partial charge in [-0.25, -0.2) is 9.78 Å². The minimum absolute atomic E-state index is 0.115. The SMILES string of the molecule is CCCCn1c(-c2ccccc2)nc(C(F)(F)F)c1CN(CCC(C)C)Cc1ccc(C(=O)OC)cc1. The van der Waals surface area contributed by atoms with Gasteiger partial charge in [0.2, 0.25) is 0 Å². The van der Waals surface area contributed by atoms with Gasteiger partial charge in [-0.2, -0.15) is 13.2 Å². The highest BCUT2D eigenvalue weighted by atomic mass is 19.4. The van der Waals surface area contributed by atoms with Gasteiger partial charge in [0.1, 0.15) is 5.82 Å². The van der Waals surface area contributed by atoms with E-state index < -0.39 is 17.8 Å². The minimum Gasteiger partial charge on any atom is -0.465 e. The number of rotatable bonds is 12. The topological polar surface area (TPSA) is 47.4 Å². The second-order valence-corrected chi connectivity index (χ2v) is 9.68. The highest BCUT2D eigenvalue weighted by Gasteiger charge is 2.39. The van der Waals surface area contributed by atoms with Crippen molar-refractivity contribution >= 4 is 5.97 Å². The van der Waals surface area contributed by atoms with Crippen molar-refractivity contribution in [2.75, 3.05) is 13.7 Å². The van der Waals surface area contributed by atoms with Crippen LogP contribution in [0.15, 0.2) is 54.6 Å². The molecule has 0 amide bonds. The molecule has 0 aliphatic heterocycles. The van der Waals surface area contributed by atoms with Crippen LogP contribution in [0.3, 0.4) is 0 Å². The summed E-state index contributed by atoms with van der Waals surface area (Å²) in [5, 5.41) is 0. The maximum atomic E-state index is 14.3. The smallest absolute Gasteiger partial charge is 0.435 e. The molecule has 0 unspecified atom stereocenters. The van der Waals surface area contributed by atoms with Gasteiger partial charge in [-0.05, 0) is 43.0 Å². The van der Waals surface area contributed by atoms with Crippen molar-refractivity contribution in [3.05, 3.63) is 77.1 Å². The van der Waals surface area contributed by atoms with E-state index >= 15 is 0 Å². The van der Waals surface area contributed by atoms with Crippen molar-refractivity contribution in [1.82, 2.24) is 14.5 Å². The van der Waals surface area contributed by atoms with Crippen molar-refractivity contribution in [2.45, 2.75) is 65.8 Å². The molecule has 1 aromatic heterocycles. The molecule has 8 heteroatoms. The van der Waals surface area contributed by atoms with E-state index in [9.17, 15) is 18.0 Å². The molecule has 0 saturated carbocycles. The number of ether oxygens (including phenoxy) is 1. The molecule has 200 valence electrons. The molecule has 0 aliphatic carbocycles. The molecule has 5 nitrogen and oxygen atoms in total. The van der Waals surface area contributed by atoms with Gasteiger partial charge in [-0.1, -0.05) is 69.7 Å². The number of halogens is 3. The van der Waals surface area contributed by atoms with Crippen LogP contribution in [0.25, 0.3) is 11.4 Å². The Hall–Kier alpha value is -3.13. The van der Waals surface area contributed by atoms with Crippen LogP contribution in [0.5, 0.6) is 0 Å². The zero-order valence-electron chi connectivity index (χ0n) is 22.0. The van der Waals surface area contributed by atoms with E-state index in [4.69, 9.17) is 4.74 Å². The monoisotopic (exact) mass is 515 g/mol. The van der Waals surface area contributed by atoms with Crippen LogP contribution in [0.2, 0.25) is 0 Å². The maximum absolute atomic E-state index is 14.3. The summed E-state index contributed by atoms with van der Waals surface area (Å²) >= 11 is 0. The largest absolute Gasteiger partial charge is 0.465 e. The number of hydrogen-bond acceptors (Lipinski definition) is 4. The van der Waals surface area contributed by atoms with Crippen molar-refractivity contribution in [2.24, 2.45) is 5.92 Å². The Labute approximate surface area is 217 Å². The first-order valence-corrected chi connectivity index (χ1v) is 12.8. The molecule has 37 heavy (non-hydrogen) atoms. The lowest BCUT2D eigenvalue weighted by Crippen LogP contribution is -2.28. The minimum atomic E-state index is -4.57. The average molecular weight is 516 g/mol. The van der Waals surface area contributed by atoms with Gasteiger partial charge in [0.25, 0.3) is 0 Å². The Morgan fingerprint density at radius 3 is 2.30 bits per heavy atom. The summed E-state index contributed by atoms with van der Waals surface area (Å²) in [5.41, 5.74) is 1.38. The molecule has 1 heterocycles. The van der Waals surface area contributed by atoms with Crippen LogP contribution < -0.4 is 0 Å². The quantitative estimate of drug-likeness (QED) is 0.239. The first-order valence-electron chi connectivity index (χ1n) is 12.8.